The zero-order chi connectivity index (χ0) is 15.1. The minimum Gasteiger partial charge on any atom is -0.461 e. The van der Waals surface area contributed by atoms with Gasteiger partial charge in [-0.2, -0.15) is 0 Å². The maximum Gasteiger partial charge on any atom is 0.154 e. The average Bonchev–Trinajstić information content (AvgIpc) is 3.06. The van der Waals surface area contributed by atoms with Crippen LogP contribution in [0, 0.1) is 6.92 Å². The lowest BCUT2D eigenvalue weighted by Crippen LogP contribution is -1.86. The van der Waals surface area contributed by atoms with Gasteiger partial charge in [0.1, 0.15) is 22.7 Å². The molecule has 2 aromatic carbocycles. The molecule has 0 radical (unpaired) electrons. The van der Waals surface area contributed by atoms with Gasteiger partial charge in [0.25, 0.3) is 0 Å². The summed E-state index contributed by atoms with van der Waals surface area (Å²) >= 11 is 0. The second-order valence-electron chi connectivity index (χ2n) is 5.45. The first-order chi connectivity index (χ1) is 10.7. The molecule has 0 aliphatic heterocycles. The van der Waals surface area contributed by atoms with Crippen molar-refractivity contribution in [2.75, 3.05) is 0 Å². The van der Waals surface area contributed by atoms with Crippen LogP contribution in [0.15, 0.2) is 57.4 Å². The molecule has 2 heterocycles. The van der Waals surface area contributed by atoms with Gasteiger partial charge >= 0.3 is 0 Å². The summed E-state index contributed by atoms with van der Waals surface area (Å²) in [7, 11) is 0. The van der Waals surface area contributed by atoms with Crippen LogP contribution in [0.3, 0.4) is 0 Å². The van der Waals surface area contributed by atoms with Gasteiger partial charge in [-0.25, -0.2) is 0 Å². The highest BCUT2D eigenvalue weighted by atomic mass is 16.3. The van der Waals surface area contributed by atoms with Crippen LogP contribution < -0.4 is 0 Å². The van der Waals surface area contributed by atoms with E-state index in [1.807, 2.05) is 49.4 Å². The summed E-state index contributed by atoms with van der Waals surface area (Å²) in [5, 5.41) is 1.97. The first kappa shape index (κ1) is 12.9. The van der Waals surface area contributed by atoms with Gasteiger partial charge in [0, 0.05) is 17.2 Å². The highest BCUT2D eigenvalue weighted by Gasteiger charge is 2.11. The van der Waals surface area contributed by atoms with Gasteiger partial charge in [-0.1, -0.05) is 24.3 Å². The van der Waals surface area contributed by atoms with Crippen molar-refractivity contribution in [2.24, 2.45) is 0 Å². The molecule has 0 atom stereocenters. The summed E-state index contributed by atoms with van der Waals surface area (Å²) < 4.78 is 11.4. The largest absolute Gasteiger partial charge is 0.461 e. The van der Waals surface area contributed by atoms with E-state index in [9.17, 15) is 4.79 Å². The molecule has 0 saturated heterocycles. The number of carbonyl (C=O) groups is 1. The molecule has 0 aliphatic carbocycles. The van der Waals surface area contributed by atoms with E-state index in [-0.39, 0.29) is 0 Å². The summed E-state index contributed by atoms with van der Waals surface area (Å²) in [6.45, 7) is 1.81. The molecule has 0 unspecified atom stereocenters. The van der Waals surface area contributed by atoms with Gasteiger partial charge in [0.15, 0.2) is 6.29 Å². The Morgan fingerprint density at radius 3 is 2.68 bits per heavy atom. The van der Waals surface area contributed by atoms with Crippen LogP contribution in [0.4, 0.5) is 0 Å². The Balaban J connectivity index is 1.75. The maximum atomic E-state index is 11.2. The molecule has 0 bridgehead atoms. The van der Waals surface area contributed by atoms with Crippen molar-refractivity contribution in [3.8, 4) is 0 Å². The lowest BCUT2D eigenvalue weighted by Gasteiger charge is -1.98. The van der Waals surface area contributed by atoms with Crippen molar-refractivity contribution >= 4 is 28.2 Å². The van der Waals surface area contributed by atoms with E-state index in [4.69, 9.17) is 8.83 Å². The zero-order valence-electron chi connectivity index (χ0n) is 12.1. The molecule has 0 amide bonds. The van der Waals surface area contributed by atoms with Crippen LogP contribution in [0.2, 0.25) is 0 Å². The molecule has 3 heteroatoms. The van der Waals surface area contributed by atoms with Gasteiger partial charge in [-0.05, 0) is 36.8 Å². The maximum absolute atomic E-state index is 11.2. The molecule has 22 heavy (non-hydrogen) atoms. The Morgan fingerprint density at radius 2 is 1.86 bits per heavy atom. The van der Waals surface area contributed by atoms with Crippen LogP contribution in [0.1, 0.15) is 27.4 Å². The fraction of sp³-hybridized carbons (Fsp3) is 0.105. The monoisotopic (exact) mass is 290 g/mol. The highest BCUT2D eigenvalue weighted by Crippen LogP contribution is 2.27. The molecule has 4 rings (SSSR count). The van der Waals surface area contributed by atoms with Gasteiger partial charge in [-0.3, -0.25) is 4.79 Å². The summed E-state index contributed by atoms with van der Waals surface area (Å²) in [4.78, 5) is 11.2. The Bertz CT molecular complexity index is 955. The first-order valence-corrected chi connectivity index (χ1v) is 7.19. The molecule has 108 valence electrons. The second-order valence-corrected chi connectivity index (χ2v) is 5.45. The predicted molar refractivity (Wildman–Crippen MR) is 85.4 cm³/mol. The normalized spacial score (nSPS) is 11.3. The molecule has 0 saturated carbocycles. The third-order valence-electron chi connectivity index (χ3n) is 3.95. The summed E-state index contributed by atoms with van der Waals surface area (Å²) in [6, 6.07) is 15.9. The van der Waals surface area contributed by atoms with Gasteiger partial charge in [0.2, 0.25) is 0 Å². The van der Waals surface area contributed by atoms with Crippen LogP contribution in [0.5, 0.6) is 0 Å². The van der Waals surface area contributed by atoms with Crippen LogP contribution in [0.25, 0.3) is 21.9 Å². The van der Waals surface area contributed by atoms with Crippen molar-refractivity contribution in [1.29, 1.82) is 0 Å². The van der Waals surface area contributed by atoms with Crippen LogP contribution in [-0.2, 0) is 6.42 Å². The molecule has 2 aromatic heterocycles. The molecular formula is C19H14O3. The second kappa shape index (κ2) is 4.88. The number of aryl methyl sites for hydroxylation is 1. The van der Waals surface area contributed by atoms with Crippen LogP contribution in [-0.4, -0.2) is 6.29 Å². The van der Waals surface area contributed by atoms with Gasteiger partial charge in [-0.15, -0.1) is 0 Å². The molecule has 4 aromatic rings. The molecule has 0 N–H and O–H groups in total. The first-order valence-electron chi connectivity index (χ1n) is 7.19. The van der Waals surface area contributed by atoms with E-state index in [1.165, 1.54) is 0 Å². The van der Waals surface area contributed by atoms with E-state index in [1.54, 1.807) is 0 Å². The number of para-hydroxylation sites is 1. The average molecular weight is 290 g/mol. The number of aldehydes is 1. The standard InChI is InChI=1S/C19H14O3/c1-12-17(11-20)16-9-13(6-7-19(16)21-12)8-15-10-14-4-2-3-5-18(14)22-15/h2-7,9-11H,8H2,1H3. The summed E-state index contributed by atoms with van der Waals surface area (Å²) in [5.41, 5.74) is 3.36. The third-order valence-corrected chi connectivity index (χ3v) is 3.95. The zero-order valence-corrected chi connectivity index (χ0v) is 12.1. The van der Waals surface area contributed by atoms with Gasteiger partial charge in [0.05, 0.1) is 5.56 Å². The number of hydrogen-bond acceptors (Lipinski definition) is 3. The smallest absolute Gasteiger partial charge is 0.154 e. The lowest BCUT2D eigenvalue weighted by atomic mass is 10.1. The van der Waals surface area contributed by atoms with E-state index >= 15 is 0 Å². The van der Waals surface area contributed by atoms with Crippen molar-refractivity contribution in [1.82, 2.24) is 0 Å². The van der Waals surface area contributed by atoms with Crippen molar-refractivity contribution in [2.45, 2.75) is 13.3 Å². The van der Waals surface area contributed by atoms with E-state index in [2.05, 4.69) is 6.07 Å². The lowest BCUT2D eigenvalue weighted by molar-refractivity contribution is 0.112. The van der Waals surface area contributed by atoms with E-state index < -0.39 is 0 Å². The van der Waals surface area contributed by atoms with Crippen LogP contribution >= 0.6 is 0 Å². The Labute approximate surface area is 127 Å². The molecule has 0 fully saturated rings. The Morgan fingerprint density at radius 1 is 1.00 bits per heavy atom. The fourth-order valence-electron chi connectivity index (χ4n) is 2.87. The van der Waals surface area contributed by atoms with Gasteiger partial charge < -0.3 is 8.83 Å². The number of hydrogen-bond donors (Lipinski definition) is 0. The van der Waals surface area contributed by atoms with E-state index in [0.29, 0.717) is 17.7 Å². The topological polar surface area (TPSA) is 43.4 Å². The molecular weight excluding hydrogens is 276 g/mol. The van der Waals surface area contributed by atoms with E-state index in [0.717, 1.165) is 39.5 Å². The molecule has 3 nitrogen and oxygen atoms in total. The SMILES string of the molecule is Cc1oc2ccc(Cc3cc4ccccc4o3)cc2c1C=O. The minimum atomic E-state index is 0.626. The number of carbonyl (C=O) groups excluding carboxylic acids is 1. The highest BCUT2D eigenvalue weighted by molar-refractivity contribution is 5.97. The Hall–Kier alpha value is -2.81. The minimum absolute atomic E-state index is 0.626. The quantitative estimate of drug-likeness (QED) is 0.504. The summed E-state index contributed by atoms with van der Waals surface area (Å²) in [5.74, 6) is 1.57. The molecule has 0 spiro atoms. The number of benzene rings is 2. The number of rotatable bonds is 3. The predicted octanol–water partition coefficient (Wildman–Crippen LogP) is 4.89. The number of fused-ring (bicyclic) bond motifs is 2. The van der Waals surface area contributed by atoms with Crippen molar-refractivity contribution in [3.63, 3.8) is 0 Å². The van der Waals surface area contributed by atoms with Crippen molar-refractivity contribution < 1.29 is 13.6 Å². The fourth-order valence-corrected chi connectivity index (χ4v) is 2.87. The Kier molecular flexibility index (Phi) is 2.86. The summed E-state index contributed by atoms with van der Waals surface area (Å²) in [6.07, 6.45) is 1.54. The third kappa shape index (κ3) is 2.02. The molecule has 0 aliphatic rings. The van der Waals surface area contributed by atoms with Crippen molar-refractivity contribution in [3.05, 3.63) is 71.2 Å². The number of furan rings is 2.